The zero-order valence-electron chi connectivity index (χ0n) is 25.9. The van der Waals surface area contributed by atoms with Gasteiger partial charge in [-0.15, -0.1) is 11.3 Å². The van der Waals surface area contributed by atoms with Crippen molar-refractivity contribution >= 4 is 35.0 Å². The van der Waals surface area contributed by atoms with E-state index in [0.717, 1.165) is 43.5 Å². The number of hydrogen-bond acceptors (Lipinski definition) is 5. The Morgan fingerprint density at radius 2 is 1.59 bits per heavy atom. The molecule has 2 aromatic carbocycles. The van der Waals surface area contributed by atoms with Gasteiger partial charge in [0, 0.05) is 38.0 Å². The molecule has 6 nitrogen and oxygen atoms in total. The predicted octanol–water partition coefficient (Wildman–Crippen LogP) is 6.15. The SMILES string of the molecule is CC(C)(C)c1ccc(C2C(C(=O)c3cccs3)C(C=Cc3ccccc3)N(C(=O)C3CCC3)C2C(=O)N2CCNCC2)cc1. The molecule has 1 aliphatic carbocycles. The van der Waals surface area contributed by atoms with E-state index in [-0.39, 0.29) is 28.9 Å². The van der Waals surface area contributed by atoms with E-state index in [4.69, 9.17) is 0 Å². The Balaban J connectivity index is 1.53. The number of nitrogens with one attached hydrogen (secondary N) is 1. The molecule has 0 spiro atoms. The van der Waals surface area contributed by atoms with E-state index in [1.165, 1.54) is 16.9 Å². The number of thiophene rings is 1. The van der Waals surface area contributed by atoms with Crippen molar-refractivity contribution < 1.29 is 14.4 Å². The number of piperazine rings is 1. The van der Waals surface area contributed by atoms with Crippen LogP contribution >= 0.6 is 11.3 Å². The number of ketones is 1. The average Bonchev–Trinajstić information content (AvgIpc) is 3.66. The van der Waals surface area contributed by atoms with Gasteiger partial charge in [-0.3, -0.25) is 14.4 Å². The average molecular weight is 610 g/mol. The van der Waals surface area contributed by atoms with Crippen LogP contribution in [0.25, 0.3) is 6.08 Å². The van der Waals surface area contributed by atoms with Crippen LogP contribution in [0, 0.1) is 11.8 Å². The van der Waals surface area contributed by atoms with Crippen molar-refractivity contribution in [1.29, 1.82) is 0 Å². The monoisotopic (exact) mass is 609 g/mol. The number of rotatable bonds is 7. The second-order valence-corrected chi connectivity index (χ2v) is 14.4. The largest absolute Gasteiger partial charge is 0.338 e. The zero-order valence-corrected chi connectivity index (χ0v) is 26.8. The van der Waals surface area contributed by atoms with Crippen molar-refractivity contribution in [3.8, 4) is 0 Å². The van der Waals surface area contributed by atoms with Crippen LogP contribution in [0.4, 0.5) is 0 Å². The molecule has 2 aliphatic heterocycles. The number of likely N-dealkylation sites (tertiary alicyclic amines) is 1. The number of carbonyl (C=O) groups excluding carboxylic acids is 3. The van der Waals surface area contributed by atoms with Crippen molar-refractivity contribution in [3.63, 3.8) is 0 Å². The van der Waals surface area contributed by atoms with Crippen LogP contribution in [0.15, 0.2) is 78.2 Å². The topological polar surface area (TPSA) is 69.7 Å². The Morgan fingerprint density at radius 3 is 2.18 bits per heavy atom. The molecule has 230 valence electrons. The minimum Gasteiger partial charge on any atom is -0.338 e. The van der Waals surface area contributed by atoms with Gasteiger partial charge in [0.2, 0.25) is 11.8 Å². The highest BCUT2D eigenvalue weighted by Gasteiger charge is 2.58. The molecule has 4 atom stereocenters. The summed E-state index contributed by atoms with van der Waals surface area (Å²) < 4.78 is 0. The Hall–Kier alpha value is -3.55. The number of Topliss-reactive ketones (excluding diaryl/α,β-unsaturated/α-hetero) is 1. The lowest BCUT2D eigenvalue weighted by molar-refractivity contribution is -0.149. The number of amides is 2. The molecule has 1 saturated carbocycles. The predicted molar refractivity (Wildman–Crippen MR) is 177 cm³/mol. The fourth-order valence-electron chi connectivity index (χ4n) is 6.92. The molecule has 1 N–H and O–H groups in total. The Bertz CT molecular complexity index is 1480. The lowest BCUT2D eigenvalue weighted by atomic mass is 9.77. The van der Waals surface area contributed by atoms with Crippen LogP contribution in [-0.2, 0) is 15.0 Å². The third-order valence-corrected chi connectivity index (χ3v) is 10.5. The lowest BCUT2D eigenvalue weighted by Gasteiger charge is -2.39. The van der Waals surface area contributed by atoms with Gasteiger partial charge in [-0.05, 0) is 46.4 Å². The van der Waals surface area contributed by atoms with Gasteiger partial charge in [0.25, 0.3) is 0 Å². The first-order chi connectivity index (χ1) is 21.2. The van der Waals surface area contributed by atoms with E-state index in [2.05, 4.69) is 50.4 Å². The molecule has 2 amide bonds. The molecule has 3 heterocycles. The van der Waals surface area contributed by atoms with Crippen LogP contribution < -0.4 is 5.32 Å². The maximum Gasteiger partial charge on any atom is 0.246 e. The normalized spacial score (nSPS) is 24.4. The van der Waals surface area contributed by atoms with Crippen molar-refractivity contribution in [2.24, 2.45) is 11.8 Å². The molecule has 4 unspecified atom stereocenters. The highest BCUT2D eigenvalue weighted by Crippen LogP contribution is 2.48. The maximum absolute atomic E-state index is 14.7. The second kappa shape index (κ2) is 12.8. The van der Waals surface area contributed by atoms with Gasteiger partial charge in [-0.1, -0.05) is 100 Å². The fraction of sp³-hybridized carbons (Fsp3) is 0.432. The van der Waals surface area contributed by atoms with Gasteiger partial charge in [0.05, 0.1) is 16.8 Å². The molecule has 44 heavy (non-hydrogen) atoms. The molecule has 0 bridgehead atoms. The highest BCUT2D eigenvalue weighted by molar-refractivity contribution is 7.12. The summed E-state index contributed by atoms with van der Waals surface area (Å²) in [5.74, 6) is -1.24. The van der Waals surface area contributed by atoms with Gasteiger partial charge in [0.1, 0.15) is 6.04 Å². The summed E-state index contributed by atoms with van der Waals surface area (Å²) in [6.07, 6.45) is 6.70. The number of carbonyl (C=O) groups is 3. The summed E-state index contributed by atoms with van der Waals surface area (Å²) >= 11 is 1.43. The minimum absolute atomic E-state index is 0.00485. The molecular formula is C37H43N3O3S. The minimum atomic E-state index is -0.763. The molecule has 0 radical (unpaired) electrons. The van der Waals surface area contributed by atoms with Gasteiger partial charge in [0.15, 0.2) is 5.78 Å². The zero-order chi connectivity index (χ0) is 30.8. The second-order valence-electron chi connectivity index (χ2n) is 13.4. The van der Waals surface area contributed by atoms with E-state index in [0.29, 0.717) is 18.0 Å². The van der Waals surface area contributed by atoms with Gasteiger partial charge in [-0.25, -0.2) is 0 Å². The molecule has 3 aromatic rings. The summed E-state index contributed by atoms with van der Waals surface area (Å²) in [6, 6.07) is 20.9. The number of nitrogens with zero attached hydrogens (tertiary/aromatic N) is 2. The molecule has 1 aromatic heterocycles. The standard InChI is InChI=1S/C37H43N3O3S/c1-37(2,3)28-17-15-26(16-18-28)31-32(34(41)30-13-8-24-44-30)29(19-14-25-9-5-4-6-10-25)40(35(42)27-11-7-12-27)33(31)36(43)39-22-20-38-21-23-39/h4-6,8-10,13-19,24,27,29,31-33,38H,7,11-12,20-23H2,1-3H3. The smallest absolute Gasteiger partial charge is 0.246 e. The molecule has 7 heteroatoms. The molecule has 6 rings (SSSR count). The fourth-order valence-corrected chi connectivity index (χ4v) is 7.63. The summed E-state index contributed by atoms with van der Waals surface area (Å²) in [7, 11) is 0. The van der Waals surface area contributed by atoms with Gasteiger partial charge < -0.3 is 15.1 Å². The Kier molecular flexibility index (Phi) is 8.88. The molecule has 3 aliphatic rings. The highest BCUT2D eigenvalue weighted by atomic mass is 32.1. The molecule has 3 fully saturated rings. The quantitative estimate of drug-likeness (QED) is 0.326. The van der Waals surface area contributed by atoms with Crippen LogP contribution in [-0.4, -0.2) is 65.7 Å². The van der Waals surface area contributed by atoms with Crippen molar-refractivity contribution in [2.45, 2.75) is 63.5 Å². The van der Waals surface area contributed by atoms with E-state index < -0.39 is 23.9 Å². The van der Waals surface area contributed by atoms with Crippen LogP contribution in [0.5, 0.6) is 0 Å². The van der Waals surface area contributed by atoms with E-state index >= 15 is 0 Å². The third kappa shape index (κ3) is 6.04. The summed E-state index contributed by atoms with van der Waals surface area (Å²) in [6.45, 7) is 9.15. The maximum atomic E-state index is 14.7. The first kappa shape index (κ1) is 30.5. The molecule has 2 saturated heterocycles. The van der Waals surface area contributed by atoms with E-state index in [9.17, 15) is 14.4 Å². The third-order valence-electron chi connectivity index (χ3n) is 9.62. The van der Waals surface area contributed by atoms with E-state index in [1.54, 1.807) is 0 Å². The van der Waals surface area contributed by atoms with Gasteiger partial charge in [-0.2, -0.15) is 0 Å². The van der Waals surface area contributed by atoms with Crippen LogP contribution in [0.2, 0.25) is 0 Å². The van der Waals surface area contributed by atoms with Crippen LogP contribution in [0.1, 0.15) is 72.3 Å². The van der Waals surface area contributed by atoms with Crippen LogP contribution in [0.3, 0.4) is 0 Å². The van der Waals surface area contributed by atoms with Crippen molar-refractivity contribution in [1.82, 2.24) is 15.1 Å². The summed E-state index contributed by atoms with van der Waals surface area (Å²) in [4.78, 5) is 48.2. The first-order valence-corrected chi connectivity index (χ1v) is 16.8. The van der Waals surface area contributed by atoms with E-state index in [1.807, 2.05) is 69.8 Å². The summed E-state index contributed by atoms with van der Waals surface area (Å²) in [5, 5.41) is 5.27. The molecular weight excluding hydrogens is 566 g/mol. The number of hydrogen-bond donors (Lipinski definition) is 1. The number of benzene rings is 2. The Labute approximate surface area is 265 Å². The lowest BCUT2D eigenvalue weighted by Crippen LogP contribution is -2.56. The van der Waals surface area contributed by atoms with Gasteiger partial charge >= 0.3 is 0 Å². The van der Waals surface area contributed by atoms with Crippen molar-refractivity contribution in [3.05, 3.63) is 99.8 Å². The van der Waals surface area contributed by atoms with Crippen molar-refractivity contribution in [2.75, 3.05) is 26.2 Å². The first-order valence-electron chi connectivity index (χ1n) is 16.0. The summed E-state index contributed by atoms with van der Waals surface area (Å²) in [5.41, 5.74) is 3.08. The Morgan fingerprint density at radius 1 is 0.886 bits per heavy atom.